The Bertz CT molecular complexity index is 664. The third-order valence-electron chi connectivity index (χ3n) is 3.14. The highest BCUT2D eigenvalue weighted by Crippen LogP contribution is 2.38. The van der Waals surface area contributed by atoms with Crippen molar-refractivity contribution >= 4 is 12.7 Å². The first-order valence-electron chi connectivity index (χ1n) is 6.69. The van der Waals surface area contributed by atoms with E-state index in [1.54, 1.807) is 6.07 Å². The van der Waals surface area contributed by atoms with Crippen LogP contribution in [0, 0.1) is 16.7 Å². The molecule has 116 valence electrons. The predicted molar refractivity (Wildman–Crippen MR) is 76.9 cm³/mol. The lowest BCUT2D eigenvalue weighted by Crippen LogP contribution is -2.49. The van der Waals surface area contributed by atoms with Crippen LogP contribution in [0.5, 0.6) is 11.5 Å². The molecule has 0 fully saturated rings. The van der Waals surface area contributed by atoms with Crippen LogP contribution in [0.25, 0.3) is 0 Å². The van der Waals surface area contributed by atoms with Gasteiger partial charge in [0.05, 0.1) is 5.75 Å². The largest absolute Gasteiger partial charge is 0.669 e. The van der Waals surface area contributed by atoms with Crippen LogP contribution in [0.15, 0.2) is 17.3 Å². The molecule has 5 N–H and O–H groups in total. The molecule has 2 rings (SSSR count). The molecular formula is C13H15BN2O6. The lowest BCUT2D eigenvalue weighted by molar-refractivity contribution is -0.349. The minimum Gasteiger partial charge on any atom is -0.669 e. The van der Waals surface area contributed by atoms with Crippen LogP contribution >= 0.6 is 0 Å². The summed E-state index contributed by atoms with van der Waals surface area (Å²) in [5.41, 5.74) is 3.90. The molecule has 1 aromatic rings. The Hall–Kier alpha value is -2.41. The Morgan fingerprint density at radius 3 is 2.91 bits per heavy atom. The summed E-state index contributed by atoms with van der Waals surface area (Å²) >= 11 is 0. The number of hydrogen-bond acceptors (Lipinski definition) is 6. The van der Waals surface area contributed by atoms with E-state index in [-0.39, 0.29) is 30.0 Å². The Kier molecular flexibility index (Phi) is 4.77. The molecule has 0 saturated heterocycles. The van der Waals surface area contributed by atoms with Crippen molar-refractivity contribution in [1.29, 1.82) is 0 Å². The van der Waals surface area contributed by atoms with Crippen molar-refractivity contribution in [2.75, 3.05) is 13.2 Å². The molecule has 1 amide bonds. The first-order valence-corrected chi connectivity index (χ1v) is 6.69. The van der Waals surface area contributed by atoms with Gasteiger partial charge in [-0.05, 0) is 24.0 Å². The molecule has 1 heterocycles. The van der Waals surface area contributed by atoms with Crippen molar-refractivity contribution in [2.24, 2.45) is 5.18 Å². The Morgan fingerprint density at radius 2 is 2.23 bits per heavy atom. The number of fused-ring (bicyclic) bond motifs is 1. The standard InChI is InChI=1S/C13H14BN2O6/c15-7-1-2-8-21-10-4-3-9-5-6-14(18,19)22-12(9)11(10)13(17)16-20/h3-4,18-19H,5-8,15H2/q-1/p+1. The fraction of sp³-hybridized carbons (Fsp3) is 0.308. The van der Waals surface area contributed by atoms with Crippen LogP contribution in [-0.2, 0) is 6.42 Å². The first kappa shape index (κ1) is 16.0. The third kappa shape index (κ3) is 3.43. The SMILES string of the molecule is [NH3+]CC#CCOc1ccc2c(c1C(=O)N=O)O[B-](O)(O)CC2. The second-order valence-corrected chi connectivity index (χ2v) is 4.73. The topological polar surface area (TPSA) is 133 Å². The molecule has 9 heteroatoms. The number of benzene rings is 1. The van der Waals surface area contributed by atoms with Crippen molar-refractivity contribution in [2.45, 2.75) is 12.7 Å². The van der Waals surface area contributed by atoms with Gasteiger partial charge in [0.15, 0.2) is 0 Å². The van der Waals surface area contributed by atoms with Crippen LogP contribution in [0.2, 0.25) is 6.32 Å². The van der Waals surface area contributed by atoms with Gasteiger partial charge in [0.1, 0.15) is 24.5 Å². The zero-order valence-corrected chi connectivity index (χ0v) is 11.7. The average molecular weight is 306 g/mol. The van der Waals surface area contributed by atoms with E-state index in [4.69, 9.17) is 9.39 Å². The highest BCUT2D eigenvalue weighted by Gasteiger charge is 2.33. The number of nitrogens with zero attached hydrogens (tertiary/aromatic N) is 1. The van der Waals surface area contributed by atoms with Crippen molar-refractivity contribution < 1.29 is 30.0 Å². The van der Waals surface area contributed by atoms with Gasteiger partial charge in [-0.2, -0.15) is 0 Å². The molecule has 0 aliphatic carbocycles. The molecule has 0 spiro atoms. The van der Waals surface area contributed by atoms with E-state index in [1.807, 2.05) is 0 Å². The monoisotopic (exact) mass is 306 g/mol. The number of amides is 1. The number of ether oxygens (including phenoxy) is 1. The van der Waals surface area contributed by atoms with Gasteiger partial charge in [0.25, 0.3) is 0 Å². The van der Waals surface area contributed by atoms with Crippen LogP contribution in [-0.4, -0.2) is 35.9 Å². The average Bonchev–Trinajstić information content (AvgIpc) is 2.49. The van der Waals surface area contributed by atoms with Crippen molar-refractivity contribution in [3.05, 3.63) is 28.2 Å². The number of quaternary nitrogens is 1. The summed E-state index contributed by atoms with van der Waals surface area (Å²) in [4.78, 5) is 22.4. The van der Waals surface area contributed by atoms with Crippen LogP contribution in [0.1, 0.15) is 15.9 Å². The summed E-state index contributed by atoms with van der Waals surface area (Å²) in [6.45, 7) is -2.67. The maximum absolute atomic E-state index is 11.8. The molecule has 0 atom stereocenters. The molecule has 8 nitrogen and oxygen atoms in total. The van der Waals surface area contributed by atoms with Crippen LogP contribution in [0.3, 0.4) is 0 Å². The number of hydrogen-bond donors (Lipinski definition) is 3. The first-order chi connectivity index (χ1) is 10.5. The summed E-state index contributed by atoms with van der Waals surface area (Å²) in [6, 6.07) is 3.13. The molecule has 0 bridgehead atoms. The molecular weight excluding hydrogens is 291 g/mol. The lowest BCUT2D eigenvalue weighted by atomic mass is 9.70. The zero-order valence-electron chi connectivity index (χ0n) is 11.7. The van der Waals surface area contributed by atoms with Gasteiger partial charge < -0.3 is 25.2 Å². The quantitative estimate of drug-likeness (QED) is 0.375. The van der Waals surface area contributed by atoms with Gasteiger partial charge in [-0.15, -0.1) is 4.91 Å². The minimum absolute atomic E-state index is 0.00429. The second kappa shape index (κ2) is 6.57. The number of nitroso groups, excluding NO2 is 1. The molecule has 22 heavy (non-hydrogen) atoms. The molecule has 1 aliphatic heterocycles. The van der Waals surface area contributed by atoms with Gasteiger partial charge in [0.2, 0.25) is 0 Å². The fourth-order valence-electron chi connectivity index (χ4n) is 2.15. The van der Waals surface area contributed by atoms with Gasteiger partial charge in [-0.3, -0.25) is 4.79 Å². The Morgan fingerprint density at radius 1 is 1.45 bits per heavy atom. The number of carbonyl (C=O) groups is 1. The molecule has 1 aliphatic rings. The molecule has 0 radical (unpaired) electrons. The smallest absolute Gasteiger partial charge is 0.430 e. The molecule has 1 aromatic carbocycles. The number of rotatable bonds is 3. The maximum atomic E-state index is 11.8. The van der Waals surface area contributed by atoms with Gasteiger partial charge >= 0.3 is 12.7 Å². The van der Waals surface area contributed by atoms with E-state index >= 15 is 0 Å². The van der Waals surface area contributed by atoms with E-state index in [2.05, 4.69) is 22.8 Å². The Labute approximate surface area is 126 Å². The van der Waals surface area contributed by atoms with Gasteiger partial charge in [-0.1, -0.05) is 18.3 Å². The summed E-state index contributed by atoms with van der Waals surface area (Å²) in [5, 5.41) is 21.7. The number of aryl methyl sites for hydroxylation is 1. The van der Waals surface area contributed by atoms with E-state index in [0.717, 1.165) is 0 Å². The minimum atomic E-state index is -3.07. The van der Waals surface area contributed by atoms with E-state index in [0.29, 0.717) is 18.5 Å². The lowest BCUT2D eigenvalue weighted by Gasteiger charge is -2.37. The summed E-state index contributed by atoms with van der Waals surface area (Å²) in [5.74, 6) is 4.23. The zero-order chi connectivity index (χ0) is 16.2. The van der Waals surface area contributed by atoms with Crippen LogP contribution < -0.4 is 15.1 Å². The fourth-order valence-corrected chi connectivity index (χ4v) is 2.15. The van der Waals surface area contributed by atoms with Gasteiger partial charge in [-0.25, -0.2) is 0 Å². The summed E-state index contributed by atoms with van der Waals surface area (Å²) in [7, 11) is 0. The highest BCUT2D eigenvalue weighted by atomic mass is 16.6. The summed E-state index contributed by atoms with van der Waals surface area (Å²) in [6.07, 6.45) is 0.299. The highest BCUT2D eigenvalue weighted by molar-refractivity contribution is 6.59. The maximum Gasteiger partial charge on any atom is 0.430 e. The normalized spacial score (nSPS) is 14.9. The third-order valence-corrected chi connectivity index (χ3v) is 3.14. The second-order valence-electron chi connectivity index (χ2n) is 4.73. The van der Waals surface area contributed by atoms with Crippen molar-refractivity contribution in [1.82, 2.24) is 0 Å². The van der Waals surface area contributed by atoms with E-state index in [1.165, 1.54) is 6.07 Å². The Balaban J connectivity index is 2.42. The summed E-state index contributed by atoms with van der Waals surface area (Å²) < 4.78 is 10.4. The van der Waals surface area contributed by atoms with Crippen LogP contribution in [0.4, 0.5) is 0 Å². The molecule has 0 aromatic heterocycles. The van der Waals surface area contributed by atoms with Crippen molar-refractivity contribution in [3.63, 3.8) is 0 Å². The van der Waals surface area contributed by atoms with E-state index in [9.17, 15) is 19.7 Å². The van der Waals surface area contributed by atoms with Crippen molar-refractivity contribution in [3.8, 4) is 23.3 Å². The molecule has 0 saturated carbocycles. The number of carbonyl (C=O) groups excluding carboxylic acids is 1. The van der Waals surface area contributed by atoms with E-state index < -0.39 is 12.7 Å². The molecule has 0 unspecified atom stereocenters. The predicted octanol–water partition coefficient (Wildman–Crippen LogP) is -0.924. The van der Waals surface area contributed by atoms with Gasteiger partial charge in [0, 0.05) is 5.18 Å².